The number of nitrogens with zero attached hydrogens (tertiary/aromatic N) is 1. The van der Waals surface area contributed by atoms with E-state index in [-0.39, 0.29) is 12.1 Å². The molecule has 3 rings (SSSR count). The lowest BCUT2D eigenvalue weighted by molar-refractivity contribution is 0.171. The molecule has 1 aliphatic rings. The first-order chi connectivity index (χ1) is 11.1. The molecule has 1 amide bonds. The molecule has 1 aromatic carbocycles. The van der Waals surface area contributed by atoms with Crippen molar-refractivity contribution in [2.75, 3.05) is 24.6 Å². The van der Waals surface area contributed by atoms with E-state index in [9.17, 15) is 9.90 Å². The normalized spacial score (nSPS) is 17.1. The molecular weight excluding hydrogens is 312 g/mol. The summed E-state index contributed by atoms with van der Waals surface area (Å²) in [5.41, 5.74) is 2.90. The number of hydrogen-bond donors (Lipinski definition) is 2. The van der Waals surface area contributed by atoms with Crippen LogP contribution >= 0.6 is 11.3 Å². The van der Waals surface area contributed by atoms with Gasteiger partial charge in [0.1, 0.15) is 6.61 Å². The SMILES string of the molecule is CC(NCC(O)c1ccsc1)c1ccc(N2CCOC2=O)cc1. The zero-order valence-electron chi connectivity index (χ0n) is 12.9. The van der Waals surface area contributed by atoms with Crippen LogP contribution in [-0.2, 0) is 4.74 Å². The predicted molar refractivity (Wildman–Crippen MR) is 90.8 cm³/mol. The molecule has 6 heteroatoms. The predicted octanol–water partition coefficient (Wildman–Crippen LogP) is 3.09. The van der Waals surface area contributed by atoms with Gasteiger partial charge in [-0.05, 0) is 47.0 Å². The molecule has 122 valence electrons. The minimum atomic E-state index is -0.498. The molecule has 2 N–H and O–H groups in total. The minimum absolute atomic E-state index is 0.114. The Kier molecular flexibility index (Phi) is 4.95. The van der Waals surface area contributed by atoms with Crippen molar-refractivity contribution in [1.29, 1.82) is 0 Å². The highest BCUT2D eigenvalue weighted by atomic mass is 32.1. The molecule has 2 unspecified atom stereocenters. The van der Waals surface area contributed by atoms with Gasteiger partial charge in [-0.1, -0.05) is 12.1 Å². The van der Waals surface area contributed by atoms with E-state index in [2.05, 4.69) is 12.2 Å². The van der Waals surface area contributed by atoms with E-state index in [1.807, 2.05) is 41.1 Å². The Morgan fingerprint density at radius 1 is 1.30 bits per heavy atom. The molecule has 1 aromatic heterocycles. The van der Waals surface area contributed by atoms with Crippen LogP contribution in [0.4, 0.5) is 10.5 Å². The molecule has 1 aliphatic heterocycles. The quantitative estimate of drug-likeness (QED) is 0.853. The summed E-state index contributed by atoms with van der Waals surface area (Å²) in [5, 5.41) is 17.4. The first-order valence-corrected chi connectivity index (χ1v) is 8.57. The smallest absolute Gasteiger partial charge is 0.414 e. The van der Waals surface area contributed by atoms with Gasteiger partial charge in [0.15, 0.2) is 0 Å². The fraction of sp³-hybridized carbons (Fsp3) is 0.353. The first kappa shape index (κ1) is 16.0. The van der Waals surface area contributed by atoms with E-state index in [1.165, 1.54) is 0 Å². The summed E-state index contributed by atoms with van der Waals surface area (Å²) in [6, 6.07) is 9.89. The van der Waals surface area contributed by atoms with Crippen LogP contribution in [0.5, 0.6) is 0 Å². The van der Waals surface area contributed by atoms with Crippen molar-refractivity contribution in [2.24, 2.45) is 0 Å². The maximum absolute atomic E-state index is 11.5. The van der Waals surface area contributed by atoms with Gasteiger partial charge < -0.3 is 15.2 Å². The van der Waals surface area contributed by atoms with Crippen LogP contribution in [0.1, 0.15) is 30.2 Å². The highest BCUT2D eigenvalue weighted by Gasteiger charge is 2.23. The number of cyclic esters (lactones) is 1. The van der Waals surface area contributed by atoms with Crippen LogP contribution in [0.15, 0.2) is 41.1 Å². The molecule has 0 spiro atoms. The molecule has 0 bridgehead atoms. The number of nitrogens with one attached hydrogen (secondary N) is 1. The molecule has 0 radical (unpaired) electrons. The van der Waals surface area contributed by atoms with E-state index in [0.29, 0.717) is 19.7 Å². The summed E-state index contributed by atoms with van der Waals surface area (Å²) >= 11 is 1.58. The number of aliphatic hydroxyl groups excluding tert-OH is 1. The molecule has 2 aromatic rings. The summed E-state index contributed by atoms with van der Waals surface area (Å²) in [5.74, 6) is 0. The van der Waals surface area contributed by atoms with Crippen molar-refractivity contribution >= 4 is 23.1 Å². The molecule has 2 heterocycles. The average Bonchev–Trinajstić information content (AvgIpc) is 3.24. The molecule has 0 aliphatic carbocycles. The zero-order valence-corrected chi connectivity index (χ0v) is 13.8. The van der Waals surface area contributed by atoms with Crippen LogP contribution in [0.3, 0.4) is 0 Å². The second kappa shape index (κ2) is 7.12. The van der Waals surface area contributed by atoms with Crippen LogP contribution in [0, 0.1) is 0 Å². The molecule has 1 saturated heterocycles. The summed E-state index contributed by atoms with van der Waals surface area (Å²) < 4.78 is 4.95. The second-order valence-corrected chi connectivity index (χ2v) is 6.34. The number of anilines is 1. The number of thiophene rings is 1. The van der Waals surface area contributed by atoms with Crippen LogP contribution in [0.2, 0.25) is 0 Å². The lowest BCUT2D eigenvalue weighted by Gasteiger charge is -2.18. The Hall–Kier alpha value is -1.89. The van der Waals surface area contributed by atoms with Gasteiger partial charge in [-0.3, -0.25) is 4.90 Å². The van der Waals surface area contributed by atoms with Crippen molar-refractivity contribution in [3.63, 3.8) is 0 Å². The Labute approximate surface area is 139 Å². The van der Waals surface area contributed by atoms with Crippen molar-refractivity contribution in [3.8, 4) is 0 Å². The number of rotatable bonds is 6. The standard InChI is InChI=1S/C17H20N2O3S/c1-12(18-10-16(20)14-6-9-23-11-14)13-2-4-15(5-3-13)19-7-8-22-17(19)21/h2-6,9,11-12,16,18,20H,7-8,10H2,1H3. The third-order valence-corrected chi connectivity index (χ3v) is 4.71. The van der Waals surface area contributed by atoms with E-state index >= 15 is 0 Å². The van der Waals surface area contributed by atoms with E-state index in [0.717, 1.165) is 16.8 Å². The number of aliphatic hydroxyl groups is 1. The third kappa shape index (κ3) is 3.72. The number of hydrogen-bond acceptors (Lipinski definition) is 5. The Morgan fingerprint density at radius 2 is 2.09 bits per heavy atom. The Morgan fingerprint density at radius 3 is 2.70 bits per heavy atom. The second-order valence-electron chi connectivity index (χ2n) is 5.56. The summed E-state index contributed by atoms with van der Waals surface area (Å²) in [6.45, 7) is 3.59. The van der Waals surface area contributed by atoms with Gasteiger partial charge in [-0.15, -0.1) is 0 Å². The van der Waals surface area contributed by atoms with Crippen molar-refractivity contribution in [3.05, 3.63) is 52.2 Å². The number of ether oxygens (including phenoxy) is 1. The molecule has 2 atom stereocenters. The number of benzene rings is 1. The lowest BCUT2D eigenvalue weighted by Crippen LogP contribution is -2.25. The van der Waals surface area contributed by atoms with Crippen LogP contribution < -0.4 is 10.2 Å². The van der Waals surface area contributed by atoms with Crippen molar-refractivity contribution < 1.29 is 14.6 Å². The maximum Gasteiger partial charge on any atom is 0.414 e. The number of carbonyl (C=O) groups excluding carboxylic acids is 1. The van der Waals surface area contributed by atoms with Gasteiger partial charge in [0.2, 0.25) is 0 Å². The largest absolute Gasteiger partial charge is 0.447 e. The summed E-state index contributed by atoms with van der Waals surface area (Å²) in [7, 11) is 0. The average molecular weight is 332 g/mol. The lowest BCUT2D eigenvalue weighted by atomic mass is 10.1. The van der Waals surface area contributed by atoms with E-state index in [1.54, 1.807) is 16.2 Å². The van der Waals surface area contributed by atoms with Gasteiger partial charge >= 0.3 is 6.09 Å². The van der Waals surface area contributed by atoms with Crippen LogP contribution in [-0.4, -0.2) is 30.9 Å². The van der Waals surface area contributed by atoms with Gasteiger partial charge in [0.05, 0.1) is 12.6 Å². The summed E-state index contributed by atoms with van der Waals surface area (Å²) in [4.78, 5) is 13.2. The monoisotopic (exact) mass is 332 g/mol. The molecule has 0 saturated carbocycles. The molecule has 5 nitrogen and oxygen atoms in total. The highest BCUT2D eigenvalue weighted by Crippen LogP contribution is 2.22. The zero-order chi connectivity index (χ0) is 16.2. The highest BCUT2D eigenvalue weighted by molar-refractivity contribution is 7.07. The van der Waals surface area contributed by atoms with E-state index in [4.69, 9.17) is 4.74 Å². The van der Waals surface area contributed by atoms with E-state index < -0.39 is 6.10 Å². The number of carbonyl (C=O) groups is 1. The Balaban J connectivity index is 1.57. The topological polar surface area (TPSA) is 61.8 Å². The maximum atomic E-state index is 11.5. The Bertz CT molecular complexity index is 642. The fourth-order valence-electron chi connectivity index (χ4n) is 2.56. The fourth-order valence-corrected chi connectivity index (χ4v) is 3.27. The molecular formula is C17H20N2O3S. The van der Waals surface area contributed by atoms with Gasteiger partial charge in [-0.25, -0.2) is 4.79 Å². The van der Waals surface area contributed by atoms with Crippen molar-refractivity contribution in [1.82, 2.24) is 5.32 Å². The van der Waals surface area contributed by atoms with Crippen molar-refractivity contribution in [2.45, 2.75) is 19.1 Å². The van der Waals surface area contributed by atoms with Gasteiger partial charge in [-0.2, -0.15) is 11.3 Å². The van der Waals surface area contributed by atoms with Crippen LogP contribution in [0.25, 0.3) is 0 Å². The molecule has 23 heavy (non-hydrogen) atoms. The summed E-state index contributed by atoms with van der Waals surface area (Å²) in [6.07, 6.45) is -0.787. The third-order valence-electron chi connectivity index (χ3n) is 4.01. The van der Waals surface area contributed by atoms with Gasteiger partial charge in [0, 0.05) is 18.3 Å². The van der Waals surface area contributed by atoms with Gasteiger partial charge in [0.25, 0.3) is 0 Å². The molecule has 1 fully saturated rings. The minimum Gasteiger partial charge on any atom is -0.447 e. The first-order valence-electron chi connectivity index (χ1n) is 7.63. The number of amides is 1.